The van der Waals surface area contributed by atoms with Crippen LogP contribution in [0.2, 0.25) is 0 Å². The molecule has 134 valence electrons. The monoisotopic (exact) mass is 350 g/mol. The maximum absolute atomic E-state index is 10.0. The lowest BCUT2D eigenvalue weighted by atomic mass is 10.1. The van der Waals surface area contributed by atoms with Gasteiger partial charge in [0, 0.05) is 23.6 Å². The van der Waals surface area contributed by atoms with Crippen molar-refractivity contribution in [2.45, 2.75) is 20.3 Å². The number of rotatable bonds is 7. The van der Waals surface area contributed by atoms with Crippen LogP contribution in [0.1, 0.15) is 25.1 Å². The number of hydrogen-bond donors (Lipinski definition) is 1. The van der Waals surface area contributed by atoms with Crippen LogP contribution >= 0.6 is 0 Å². The van der Waals surface area contributed by atoms with Crippen molar-refractivity contribution < 1.29 is 14.6 Å². The van der Waals surface area contributed by atoms with E-state index in [1.807, 2.05) is 62.4 Å². The lowest BCUT2D eigenvalue weighted by Gasteiger charge is -2.15. The molecule has 2 aromatic carbocycles. The largest absolute Gasteiger partial charge is 0.493 e. The summed E-state index contributed by atoms with van der Waals surface area (Å²) in [5.74, 6) is 1.89. The molecule has 0 radical (unpaired) electrons. The molecule has 0 spiro atoms. The van der Waals surface area contributed by atoms with E-state index < -0.39 is 0 Å². The second-order valence-corrected chi connectivity index (χ2v) is 5.69. The first-order valence-corrected chi connectivity index (χ1v) is 8.71. The van der Waals surface area contributed by atoms with E-state index in [9.17, 15) is 5.11 Å². The van der Waals surface area contributed by atoms with Crippen LogP contribution in [0.15, 0.2) is 54.6 Å². The van der Waals surface area contributed by atoms with Gasteiger partial charge in [-0.25, -0.2) is 4.98 Å². The topological polar surface area (TPSA) is 64.5 Å². The smallest absolute Gasteiger partial charge is 0.214 e. The van der Waals surface area contributed by atoms with Crippen molar-refractivity contribution in [1.29, 1.82) is 0 Å². The van der Waals surface area contributed by atoms with Gasteiger partial charge in [0.05, 0.1) is 18.9 Å². The Bertz CT molecular complexity index is 866. The molecule has 5 nitrogen and oxygen atoms in total. The van der Waals surface area contributed by atoms with Crippen molar-refractivity contribution in [3.63, 3.8) is 0 Å². The average Bonchev–Trinajstić information content (AvgIpc) is 2.65. The van der Waals surface area contributed by atoms with E-state index in [0.29, 0.717) is 36.9 Å². The molecule has 0 aliphatic heterocycles. The Morgan fingerprint density at radius 2 is 1.65 bits per heavy atom. The van der Waals surface area contributed by atoms with Gasteiger partial charge in [0.1, 0.15) is 0 Å². The third-order valence-electron chi connectivity index (χ3n) is 3.82. The summed E-state index contributed by atoms with van der Waals surface area (Å²) in [4.78, 5) is 8.75. The van der Waals surface area contributed by atoms with Gasteiger partial charge >= 0.3 is 0 Å². The third-order valence-corrected chi connectivity index (χ3v) is 3.82. The maximum atomic E-state index is 10.0. The minimum Gasteiger partial charge on any atom is -0.493 e. The molecular formula is C21H22N2O3. The lowest BCUT2D eigenvalue weighted by molar-refractivity contribution is 0.285. The number of benzene rings is 2. The highest BCUT2D eigenvalue weighted by Crippen LogP contribution is 2.33. The van der Waals surface area contributed by atoms with Crippen molar-refractivity contribution in [2.24, 2.45) is 0 Å². The van der Waals surface area contributed by atoms with Crippen LogP contribution in [0.25, 0.3) is 11.4 Å². The summed E-state index contributed by atoms with van der Waals surface area (Å²) in [6, 6.07) is 17.0. The maximum Gasteiger partial charge on any atom is 0.214 e. The Morgan fingerprint density at radius 1 is 0.885 bits per heavy atom. The lowest BCUT2D eigenvalue weighted by Crippen LogP contribution is -2.03. The number of para-hydroxylation sites is 1. The van der Waals surface area contributed by atoms with Gasteiger partial charge in [0.25, 0.3) is 0 Å². The molecule has 0 atom stereocenters. The second kappa shape index (κ2) is 8.34. The first-order valence-electron chi connectivity index (χ1n) is 8.71. The Labute approximate surface area is 153 Å². The van der Waals surface area contributed by atoms with Crippen molar-refractivity contribution in [3.05, 3.63) is 65.9 Å². The Kier molecular flexibility index (Phi) is 5.69. The summed E-state index contributed by atoms with van der Waals surface area (Å²) in [5.41, 5.74) is 2.53. The fourth-order valence-electron chi connectivity index (χ4n) is 2.76. The van der Waals surface area contributed by atoms with Crippen LogP contribution in [0.3, 0.4) is 0 Å². The molecule has 0 saturated heterocycles. The van der Waals surface area contributed by atoms with Crippen LogP contribution in [0, 0.1) is 0 Å². The molecule has 1 aromatic heterocycles. The SMILES string of the molecule is CCOc1cccc(Cc2cc(O)nc(-c3ccccc3)n2)c1OCC. The number of hydrogen-bond acceptors (Lipinski definition) is 5. The number of aromatic hydroxyl groups is 1. The molecule has 0 saturated carbocycles. The van der Waals surface area contributed by atoms with Gasteiger partial charge < -0.3 is 14.6 Å². The predicted molar refractivity (Wildman–Crippen MR) is 101 cm³/mol. The molecule has 26 heavy (non-hydrogen) atoms. The zero-order chi connectivity index (χ0) is 18.4. The van der Waals surface area contributed by atoms with E-state index in [4.69, 9.17) is 9.47 Å². The van der Waals surface area contributed by atoms with E-state index in [2.05, 4.69) is 9.97 Å². The van der Waals surface area contributed by atoms with Gasteiger partial charge in [0.2, 0.25) is 5.88 Å². The third kappa shape index (κ3) is 4.11. The van der Waals surface area contributed by atoms with Gasteiger partial charge in [-0.05, 0) is 19.9 Å². The van der Waals surface area contributed by atoms with Crippen molar-refractivity contribution >= 4 is 0 Å². The summed E-state index contributed by atoms with van der Waals surface area (Å²) in [6.45, 7) is 4.99. The minimum absolute atomic E-state index is 0.0484. The van der Waals surface area contributed by atoms with Crippen LogP contribution < -0.4 is 9.47 Å². The van der Waals surface area contributed by atoms with E-state index in [1.165, 1.54) is 0 Å². The second-order valence-electron chi connectivity index (χ2n) is 5.69. The summed E-state index contributed by atoms with van der Waals surface area (Å²) < 4.78 is 11.5. The van der Waals surface area contributed by atoms with E-state index in [0.717, 1.165) is 16.9 Å². The molecule has 3 aromatic rings. The first kappa shape index (κ1) is 17.7. The number of ether oxygens (including phenoxy) is 2. The standard InChI is InChI=1S/C21H22N2O3/c1-3-25-18-12-8-11-16(20(18)26-4-2)13-17-14-19(24)23-21(22-17)15-9-6-5-7-10-15/h5-12,14H,3-4,13H2,1-2H3,(H,22,23,24). The summed E-state index contributed by atoms with van der Waals surface area (Å²) >= 11 is 0. The molecule has 1 heterocycles. The van der Waals surface area contributed by atoms with Gasteiger partial charge in [-0.15, -0.1) is 0 Å². The summed E-state index contributed by atoms with van der Waals surface area (Å²) in [6.07, 6.45) is 0.506. The minimum atomic E-state index is -0.0484. The number of aromatic nitrogens is 2. The molecule has 1 N–H and O–H groups in total. The Balaban J connectivity index is 1.96. The van der Waals surface area contributed by atoms with Gasteiger partial charge in [-0.2, -0.15) is 4.98 Å². The Morgan fingerprint density at radius 3 is 2.38 bits per heavy atom. The molecule has 5 heteroatoms. The average molecular weight is 350 g/mol. The molecule has 3 rings (SSSR count). The highest BCUT2D eigenvalue weighted by atomic mass is 16.5. The Hall–Kier alpha value is -3.08. The van der Waals surface area contributed by atoms with Gasteiger partial charge in [-0.3, -0.25) is 0 Å². The number of nitrogens with zero attached hydrogens (tertiary/aromatic N) is 2. The molecule has 0 bridgehead atoms. The van der Waals surface area contributed by atoms with Crippen LogP contribution in [-0.4, -0.2) is 28.3 Å². The molecule has 0 aliphatic carbocycles. The first-order chi connectivity index (χ1) is 12.7. The highest BCUT2D eigenvalue weighted by molar-refractivity contribution is 5.56. The molecule has 0 fully saturated rings. The molecule has 0 aliphatic rings. The van der Waals surface area contributed by atoms with Crippen molar-refractivity contribution in [2.75, 3.05) is 13.2 Å². The highest BCUT2D eigenvalue weighted by Gasteiger charge is 2.14. The van der Waals surface area contributed by atoms with E-state index in [1.54, 1.807) is 6.07 Å². The quantitative estimate of drug-likeness (QED) is 0.690. The molecule has 0 amide bonds. The van der Waals surface area contributed by atoms with Crippen molar-refractivity contribution in [1.82, 2.24) is 9.97 Å². The summed E-state index contributed by atoms with van der Waals surface area (Å²) in [7, 11) is 0. The van der Waals surface area contributed by atoms with Gasteiger partial charge in [0.15, 0.2) is 17.3 Å². The van der Waals surface area contributed by atoms with Crippen molar-refractivity contribution in [3.8, 4) is 28.8 Å². The molecular weight excluding hydrogens is 328 g/mol. The molecule has 0 unspecified atom stereocenters. The van der Waals surface area contributed by atoms with E-state index >= 15 is 0 Å². The summed E-state index contributed by atoms with van der Waals surface area (Å²) in [5, 5.41) is 10.0. The van der Waals surface area contributed by atoms with Crippen LogP contribution in [0.4, 0.5) is 0 Å². The predicted octanol–water partition coefficient (Wildman–Crippen LogP) is 4.24. The fraction of sp³-hybridized carbons (Fsp3) is 0.238. The van der Waals surface area contributed by atoms with Crippen LogP contribution in [-0.2, 0) is 6.42 Å². The zero-order valence-corrected chi connectivity index (χ0v) is 15.0. The normalized spacial score (nSPS) is 10.5. The van der Waals surface area contributed by atoms with Gasteiger partial charge in [-0.1, -0.05) is 42.5 Å². The zero-order valence-electron chi connectivity index (χ0n) is 15.0. The van der Waals surface area contributed by atoms with E-state index in [-0.39, 0.29) is 5.88 Å². The fourth-order valence-corrected chi connectivity index (χ4v) is 2.76. The van der Waals surface area contributed by atoms with Crippen LogP contribution in [0.5, 0.6) is 17.4 Å².